The summed E-state index contributed by atoms with van der Waals surface area (Å²) in [5.41, 5.74) is -0.661. The van der Waals surface area contributed by atoms with Crippen LogP contribution in [0.5, 0.6) is 0 Å². The molecule has 1 saturated carbocycles. The van der Waals surface area contributed by atoms with Crippen molar-refractivity contribution in [2.45, 2.75) is 64.2 Å². The number of rotatable bonds is 5. The fraction of sp³-hybridized carbons (Fsp3) is 0.588. The first-order chi connectivity index (χ1) is 10.2. The molecule has 0 aliphatic heterocycles. The number of hydrogen-bond acceptors (Lipinski definition) is 2. The zero-order valence-electron chi connectivity index (χ0n) is 13.5. The lowest BCUT2D eigenvalue weighted by Crippen LogP contribution is -2.52. The largest absolute Gasteiger partial charge is 0.375 e. The lowest BCUT2D eigenvalue weighted by molar-refractivity contribution is -0.129. The summed E-state index contributed by atoms with van der Waals surface area (Å²) in [5.74, 6) is -0.722. The number of carbonyl (C=O) groups is 1. The highest BCUT2D eigenvalue weighted by Gasteiger charge is 2.38. The van der Waals surface area contributed by atoms with E-state index in [0.29, 0.717) is 5.56 Å². The molecule has 1 aromatic carbocycles. The summed E-state index contributed by atoms with van der Waals surface area (Å²) in [5, 5.41) is 3.01. The van der Waals surface area contributed by atoms with Crippen LogP contribution in [-0.4, -0.2) is 24.2 Å². The van der Waals surface area contributed by atoms with Crippen molar-refractivity contribution in [2.24, 2.45) is 0 Å². The molecule has 122 valence electrons. The van der Waals surface area contributed by atoms with Gasteiger partial charge in [0.15, 0.2) is 0 Å². The fourth-order valence-electron chi connectivity index (χ4n) is 2.65. The molecule has 0 saturated heterocycles. The SMILES string of the molecule is CC(C)OC1CC(NC(=O)C(C)(C)c2cccc(Cl)c2F)C1. The van der Waals surface area contributed by atoms with E-state index in [1.54, 1.807) is 26.0 Å². The van der Waals surface area contributed by atoms with Gasteiger partial charge in [-0.2, -0.15) is 0 Å². The van der Waals surface area contributed by atoms with E-state index >= 15 is 0 Å². The number of carbonyl (C=O) groups excluding carboxylic acids is 1. The standard InChI is InChI=1S/C17H23ClFNO2/c1-10(2)22-12-8-11(9-12)20-16(21)17(3,4)13-6-5-7-14(18)15(13)19/h5-7,10-12H,8-9H2,1-4H3,(H,20,21). The molecule has 0 bridgehead atoms. The Morgan fingerprint density at radius 1 is 1.41 bits per heavy atom. The summed E-state index contributed by atoms with van der Waals surface area (Å²) in [6.45, 7) is 7.41. The maximum Gasteiger partial charge on any atom is 0.230 e. The Kier molecular flexibility index (Phi) is 5.13. The van der Waals surface area contributed by atoms with Crippen LogP contribution in [0.2, 0.25) is 5.02 Å². The molecule has 0 radical (unpaired) electrons. The Morgan fingerprint density at radius 3 is 2.64 bits per heavy atom. The molecule has 1 fully saturated rings. The van der Waals surface area contributed by atoms with Crippen LogP contribution in [0.25, 0.3) is 0 Å². The molecule has 3 nitrogen and oxygen atoms in total. The zero-order valence-corrected chi connectivity index (χ0v) is 14.2. The topological polar surface area (TPSA) is 38.3 Å². The van der Waals surface area contributed by atoms with E-state index in [9.17, 15) is 9.18 Å². The summed E-state index contributed by atoms with van der Waals surface area (Å²) >= 11 is 5.81. The van der Waals surface area contributed by atoms with Crippen molar-refractivity contribution < 1.29 is 13.9 Å². The van der Waals surface area contributed by atoms with Gasteiger partial charge < -0.3 is 10.1 Å². The molecule has 2 rings (SSSR count). The molecule has 1 aliphatic rings. The molecule has 0 heterocycles. The van der Waals surface area contributed by atoms with Crippen LogP contribution in [0, 0.1) is 5.82 Å². The van der Waals surface area contributed by atoms with Gasteiger partial charge in [0, 0.05) is 11.6 Å². The van der Waals surface area contributed by atoms with Gasteiger partial charge in [-0.25, -0.2) is 4.39 Å². The fourth-order valence-corrected chi connectivity index (χ4v) is 2.83. The van der Waals surface area contributed by atoms with E-state index in [-0.39, 0.29) is 29.2 Å². The van der Waals surface area contributed by atoms with Gasteiger partial charge in [0.25, 0.3) is 0 Å². The van der Waals surface area contributed by atoms with E-state index in [1.165, 1.54) is 6.07 Å². The smallest absolute Gasteiger partial charge is 0.230 e. The van der Waals surface area contributed by atoms with Crippen molar-refractivity contribution in [1.29, 1.82) is 0 Å². The average Bonchev–Trinajstić information content (AvgIpc) is 2.38. The Labute approximate surface area is 136 Å². The van der Waals surface area contributed by atoms with Gasteiger partial charge in [0.2, 0.25) is 5.91 Å². The van der Waals surface area contributed by atoms with E-state index in [1.807, 2.05) is 13.8 Å². The second kappa shape index (κ2) is 6.55. The van der Waals surface area contributed by atoms with Gasteiger partial charge in [-0.1, -0.05) is 23.7 Å². The maximum absolute atomic E-state index is 14.2. The Hall–Kier alpha value is -1.13. The van der Waals surface area contributed by atoms with Crippen LogP contribution in [-0.2, 0) is 14.9 Å². The predicted octanol–water partition coefficient (Wildman–Crippen LogP) is 3.83. The Morgan fingerprint density at radius 2 is 2.05 bits per heavy atom. The van der Waals surface area contributed by atoms with Gasteiger partial charge >= 0.3 is 0 Å². The van der Waals surface area contributed by atoms with Crippen molar-refractivity contribution in [3.05, 3.63) is 34.6 Å². The monoisotopic (exact) mass is 327 g/mol. The van der Waals surface area contributed by atoms with Gasteiger partial charge in [-0.05, 0) is 46.6 Å². The third-order valence-electron chi connectivity index (χ3n) is 4.09. The number of nitrogens with one attached hydrogen (secondary N) is 1. The molecule has 1 amide bonds. The minimum atomic E-state index is -0.973. The molecular weight excluding hydrogens is 305 g/mol. The summed E-state index contributed by atoms with van der Waals surface area (Å²) in [6.07, 6.45) is 2.01. The predicted molar refractivity (Wildman–Crippen MR) is 85.6 cm³/mol. The molecule has 1 aromatic rings. The van der Waals surface area contributed by atoms with E-state index in [0.717, 1.165) is 12.8 Å². The lowest BCUT2D eigenvalue weighted by atomic mass is 9.81. The van der Waals surface area contributed by atoms with Gasteiger partial charge in [0.05, 0.1) is 22.6 Å². The van der Waals surface area contributed by atoms with Gasteiger partial charge in [-0.3, -0.25) is 4.79 Å². The molecule has 0 unspecified atom stereocenters. The number of ether oxygens (including phenoxy) is 1. The van der Waals surface area contributed by atoms with Crippen LogP contribution in [0.1, 0.15) is 46.1 Å². The maximum atomic E-state index is 14.2. The molecule has 1 aliphatic carbocycles. The molecule has 0 spiro atoms. The van der Waals surface area contributed by atoms with E-state index in [2.05, 4.69) is 5.32 Å². The summed E-state index contributed by atoms with van der Waals surface area (Å²) in [4.78, 5) is 12.5. The third-order valence-corrected chi connectivity index (χ3v) is 4.38. The molecule has 5 heteroatoms. The number of hydrogen-bond donors (Lipinski definition) is 1. The van der Waals surface area contributed by atoms with Crippen LogP contribution in [0.15, 0.2) is 18.2 Å². The first-order valence-electron chi connectivity index (χ1n) is 7.62. The first kappa shape index (κ1) is 17.2. The highest BCUT2D eigenvalue weighted by molar-refractivity contribution is 6.30. The van der Waals surface area contributed by atoms with Crippen LogP contribution < -0.4 is 5.32 Å². The molecule has 22 heavy (non-hydrogen) atoms. The van der Waals surface area contributed by atoms with Crippen LogP contribution >= 0.6 is 11.6 Å². The van der Waals surface area contributed by atoms with Crippen LogP contribution in [0.3, 0.4) is 0 Å². The van der Waals surface area contributed by atoms with Crippen LogP contribution in [0.4, 0.5) is 4.39 Å². The van der Waals surface area contributed by atoms with Crippen molar-refractivity contribution in [3.8, 4) is 0 Å². The minimum absolute atomic E-state index is 0.0346. The van der Waals surface area contributed by atoms with Crippen molar-refractivity contribution >= 4 is 17.5 Å². The highest BCUT2D eigenvalue weighted by atomic mass is 35.5. The van der Waals surface area contributed by atoms with E-state index < -0.39 is 11.2 Å². The minimum Gasteiger partial charge on any atom is -0.375 e. The van der Waals surface area contributed by atoms with Crippen molar-refractivity contribution in [2.75, 3.05) is 0 Å². The second-order valence-electron chi connectivity index (χ2n) is 6.68. The summed E-state index contributed by atoms with van der Waals surface area (Å²) < 4.78 is 19.8. The first-order valence-corrected chi connectivity index (χ1v) is 8.00. The molecule has 0 aromatic heterocycles. The lowest BCUT2D eigenvalue weighted by Gasteiger charge is -2.38. The van der Waals surface area contributed by atoms with Gasteiger partial charge in [0.1, 0.15) is 5.82 Å². The quantitative estimate of drug-likeness (QED) is 0.892. The number of halogens is 2. The normalized spacial score (nSPS) is 21.6. The summed E-state index contributed by atoms with van der Waals surface area (Å²) in [7, 11) is 0. The Bertz CT molecular complexity index is 554. The average molecular weight is 328 g/mol. The summed E-state index contributed by atoms with van der Waals surface area (Å²) in [6, 6.07) is 4.84. The van der Waals surface area contributed by atoms with Gasteiger partial charge in [-0.15, -0.1) is 0 Å². The number of benzene rings is 1. The number of amides is 1. The van der Waals surface area contributed by atoms with Crippen molar-refractivity contribution in [1.82, 2.24) is 5.32 Å². The molecular formula is C17H23ClFNO2. The highest BCUT2D eigenvalue weighted by Crippen LogP contribution is 2.31. The molecule has 0 atom stereocenters. The third kappa shape index (κ3) is 3.61. The Balaban J connectivity index is 1.99. The zero-order chi connectivity index (χ0) is 16.5. The van der Waals surface area contributed by atoms with E-state index in [4.69, 9.17) is 16.3 Å². The second-order valence-corrected chi connectivity index (χ2v) is 7.08. The molecule has 1 N–H and O–H groups in total. The van der Waals surface area contributed by atoms with Crippen molar-refractivity contribution in [3.63, 3.8) is 0 Å².